The predicted molar refractivity (Wildman–Crippen MR) is 59.2 cm³/mol. The molecule has 0 heterocycles. The zero-order chi connectivity index (χ0) is 13.9. The van der Waals surface area contributed by atoms with Crippen molar-refractivity contribution in [2.75, 3.05) is 6.54 Å². The second kappa shape index (κ2) is 5.14. The Balaban J connectivity index is 3.59. The van der Waals surface area contributed by atoms with Crippen LogP contribution in [-0.2, 0) is 6.42 Å². The van der Waals surface area contributed by atoms with Crippen molar-refractivity contribution in [2.45, 2.75) is 6.42 Å². The molecule has 18 heavy (non-hydrogen) atoms. The molecule has 1 aromatic rings. The summed E-state index contributed by atoms with van der Waals surface area (Å²) < 4.78 is 0. The Bertz CT molecular complexity index is 493. The minimum Gasteiger partial charge on any atom is -0.330 e. The Kier molecular flexibility index (Phi) is 3.84. The molecule has 0 aliphatic heterocycles. The number of nitro benzene ring substituents is 3. The fourth-order valence-electron chi connectivity index (χ4n) is 1.46. The monoisotopic (exact) mass is 256 g/mol. The summed E-state index contributed by atoms with van der Waals surface area (Å²) in [5, 5.41) is 32.1. The van der Waals surface area contributed by atoms with Crippen LogP contribution in [0.4, 0.5) is 17.1 Å². The average Bonchev–Trinajstić information content (AvgIpc) is 2.28. The SMILES string of the molecule is NCCc1c([N+](=O)[O-])cc([N+](=O)[O-])cc1[N+](=O)[O-]. The van der Waals surface area contributed by atoms with Crippen LogP contribution in [0.2, 0.25) is 0 Å². The number of nitrogens with two attached hydrogens (primary N) is 1. The summed E-state index contributed by atoms with van der Waals surface area (Å²) in [4.78, 5) is 29.4. The Labute approximate surface area is 99.5 Å². The molecule has 0 bridgehead atoms. The van der Waals surface area contributed by atoms with Gasteiger partial charge in [0.25, 0.3) is 17.1 Å². The topological polar surface area (TPSA) is 155 Å². The summed E-state index contributed by atoms with van der Waals surface area (Å²) >= 11 is 0. The van der Waals surface area contributed by atoms with Crippen molar-refractivity contribution in [2.24, 2.45) is 5.73 Å². The number of non-ortho nitro benzene ring substituents is 1. The van der Waals surface area contributed by atoms with E-state index in [0.717, 1.165) is 0 Å². The summed E-state index contributed by atoms with van der Waals surface area (Å²) in [5.74, 6) is 0. The first-order chi connectivity index (χ1) is 8.38. The number of benzene rings is 1. The van der Waals surface area contributed by atoms with Crippen LogP contribution in [0, 0.1) is 30.3 Å². The van der Waals surface area contributed by atoms with Crippen molar-refractivity contribution in [1.29, 1.82) is 0 Å². The van der Waals surface area contributed by atoms with E-state index in [2.05, 4.69) is 0 Å². The van der Waals surface area contributed by atoms with Gasteiger partial charge in [0.05, 0.1) is 26.9 Å². The van der Waals surface area contributed by atoms with E-state index in [-0.39, 0.29) is 18.5 Å². The van der Waals surface area contributed by atoms with Gasteiger partial charge in [-0.05, 0) is 13.0 Å². The van der Waals surface area contributed by atoms with Crippen LogP contribution in [0.25, 0.3) is 0 Å². The van der Waals surface area contributed by atoms with Crippen molar-refractivity contribution in [3.63, 3.8) is 0 Å². The van der Waals surface area contributed by atoms with Crippen LogP contribution in [0.1, 0.15) is 5.56 Å². The molecule has 0 amide bonds. The molecule has 0 aromatic heterocycles. The summed E-state index contributed by atoms with van der Waals surface area (Å²) in [7, 11) is 0. The predicted octanol–water partition coefficient (Wildman–Crippen LogP) is 0.912. The van der Waals surface area contributed by atoms with E-state index in [1.165, 1.54) is 0 Å². The van der Waals surface area contributed by atoms with Crippen LogP contribution < -0.4 is 5.73 Å². The molecule has 2 N–H and O–H groups in total. The molecule has 1 aromatic carbocycles. The van der Waals surface area contributed by atoms with E-state index < -0.39 is 31.8 Å². The van der Waals surface area contributed by atoms with Crippen molar-refractivity contribution in [1.82, 2.24) is 0 Å². The van der Waals surface area contributed by atoms with Gasteiger partial charge in [0.15, 0.2) is 0 Å². The van der Waals surface area contributed by atoms with Crippen LogP contribution in [0.3, 0.4) is 0 Å². The van der Waals surface area contributed by atoms with Gasteiger partial charge in [-0.25, -0.2) is 0 Å². The molecule has 96 valence electrons. The minimum atomic E-state index is -0.924. The Morgan fingerprint density at radius 3 is 1.67 bits per heavy atom. The zero-order valence-corrected chi connectivity index (χ0v) is 8.94. The van der Waals surface area contributed by atoms with Crippen LogP contribution >= 0.6 is 0 Å². The van der Waals surface area contributed by atoms with Gasteiger partial charge < -0.3 is 5.73 Å². The van der Waals surface area contributed by atoms with Crippen molar-refractivity contribution < 1.29 is 14.8 Å². The third-order valence-electron chi connectivity index (χ3n) is 2.19. The number of rotatable bonds is 5. The molecule has 0 saturated carbocycles. The summed E-state index contributed by atoms with van der Waals surface area (Å²) in [6, 6.07) is 1.38. The second-order valence-corrected chi connectivity index (χ2v) is 3.27. The molecule has 10 nitrogen and oxygen atoms in total. The van der Waals surface area contributed by atoms with Gasteiger partial charge in [-0.3, -0.25) is 30.3 Å². The van der Waals surface area contributed by atoms with E-state index in [1.54, 1.807) is 0 Å². The second-order valence-electron chi connectivity index (χ2n) is 3.27. The van der Waals surface area contributed by atoms with Crippen LogP contribution in [-0.4, -0.2) is 21.3 Å². The van der Waals surface area contributed by atoms with Gasteiger partial charge in [0.2, 0.25) is 0 Å². The first-order valence-corrected chi connectivity index (χ1v) is 4.68. The van der Waals surface area contributed by atoms with E-state index in [9.17, 15) is 30.3 Å². The smallest absolute Gasteiger partial charge is 0.286 e. The van der Waals surface area contributed by atoms with Crippen molar-refractivity contribution >= 4 is 17.1 Å². The summed E-state index contributed by atoms with van der Waals surface area (Å²) in [5.41, 5.74) is 2.98. The zero-order valence-electron chi connectivity index (χ0n) is 8.94. The largest absolute Gasteiger partial charge is 0.330 e. The Morgan fingerprint density at radius 2 is 1.39 bits per heavy atom. The van der Waals surface area contributed by atoms with Gasteiger partial charge in [-0.2, -0.15) is 0 Å². The van der Waals surface area contributed by atoms with E-state index in [4.69, 9.17) is 5.73 Å². The number of hydrogen-bond acceptors (Lipinski definition) is 7. The third-order valence-corrected chi connectivity index (χ3v) is 2.19. The maximum absolute atomic E-state index is 10.8. The average molecular weight is 256 g/mol. The van der Waals surface area contributed by atoms with Crippen molar-refractivity contribution in [3.05, 3.63) is 48.0 Å². The van der Waals surface area contributed by atoms with Crippen molar-refractivity contribution in [3.8, 4) is 0 Å². The van der Waals surface area contributed by atoms with E-state index in [1.807, 2.05) is 0 Å². The molecule has 10 heteroatoms. The standard InChI is InChI=1S/C8H8N4O6/c9-2-1-6-7(11(15)16)3-5(10(13)14)4-8(6)12(17)18/h3-4H,1-2,9H2. The molecule has 1 rings (SSSR count). The highest BCUT2D eigenvalue weighted by molar-refractivity contribution is 5.60. The number of nitro groups is 3. The first-order valence-electron chi connectivity index (χ1n) is 4.68. The number of nitrogens with zero attached hydrogens (tertiary/aromatic N) is 3. The molecule has 0 aliphatic carbocycles. The molecule has 0 radical (unpaired) electrons. The highest BCUT2D eigenvalue weighted by atomic mass is 16.6. The van der Waals surface area contributed by atoms with Gasteiger partial charge in [-0.15, -0.1) is 0 Å². The Hall–Kier alpha value is -2.62. The quantitative estimate of drug-likeness (QED) is 0.605. The highest BCUT2D eigenvalue weighted by Crippen LogP contribution is 2.33. The van der Waals surface area contributed by atoms with Crippen LogP contribution in [0.5, 0.6) is 0 Å². The maximum Gasteiger partial charge on any atom is 0.286 e. The van der Waals surface area contributed by atoms with Gasteiger partial charge >= 0.3 is 0 Å². The lowest BCUT2D eigenvalue weighted by atomic mass is 10.1. The van der Waals surface area contributed by atoms with Gasteiger partial charge in [0.1, 0.15) is 5.56 Å². The summed E-state index contributed by atoms with van der Waals surface area (Å²) in [6.07, 6.45) is -0.107. The molecule has 0 aliphatic rings. The maximum atomic E-state index is 10.8. The fourth-order valence-corrected chi connectivity index (χ4v) is 1.46. The first kappa shape index (κ1) is 13.4. The lowest BCUT2D eigenvalue weighted by Gasteiger charge is -2.02. The number of hydrogen-bond donors (Lipinski definition) is 1. The summed E-state index contributed by atoms with van der Waals surface area (Å²) in [6.45, 7) is -0.0422. The molecule has 0 atom stereocenters. The fraction of sp³-hybridized carbons (Fsp3) is 0.250. The minimum absolute atomic E-state index is 0.0422. The molecule has 0 saturated heterocycles. The van der Waals surface area contributed by atoms with Crippen LogP contribution in [0.15, 0.2) is 12.1 Å². The van der Waals surface area contributed by atoms with Gasteiger partial charge in [-0.1, -0.05) is 0 Å². The molecule has 0 unspecified atom stereocenters. The van der Waals surface area contributed by atoms with E-state index >= 15 is 0 Å². The van der Waals surface area contributed by atoms with Gasteiger partial charge in [0, 0.05) is 0 Å². The molecule has 0 fully saturated rings. The Morgan fingerprint density at radius 1 is 0.944 bits per heavy atom. The lowest BCUT2D eigenvalue weighted by molar-refractivity contribution is -0.404. The molecular weight excluding hydrogens is 248 g/mol. The highest BCUT2D eigenvalue weighted by Gasteiger charge is 2.29. The molecular formula is C8H8N4O6. The third kappa shape index (κ3) is 2.55. The molecule has 0 spiro atoms. The normalized spacial score (nSPS) is 10.1. The van der Waals surface area contributed by atoms with E-state index in [0.29, 0.717) is 12.1 Å². The lowest BCUT2D eigenvalue weighted by Crippen LogP contribution is -2.09.